The zero-order valence-corrected chi connectivity index (χ0v) is 13.1. The standard InChI is InChI=1S/C18H36/c1-3-5-7-8-9-10-11-12-13-15-18-16-17(18)14-6-4-2/h17-18H,3-16H2,1-2H3/t17-,18+/m1/s1. The third kappa shape index (κ3) is 8.16. The molecule has 0 aromatic carbocycles. The third-order valence-electron chi connectivity index (χ3n) is 4.68. The van der Waals surface area contributed by atoms with E-state index in [1.165, 1.54) is 77.0 Å². The highest BCUT2D eigenvalue weighted by Gasteiger charge is 2.34. The molecule has 0 saturated heterocycles. The van der Waals surface area contributed by atoms with Gasteiger partial charge in [0.2, 0.25) is 0 Å². The maximum Gasteiger partial charge on any atom is -0.0383 e. The van der Waals surface area contributed by atoms with E-state index in [4.69, 9.17) is 0 Å². The summed E-state index contributed by atoms with van der Waals surface area (Å²) in [6.45, 7) is 4.61. The van der Waals surface area contributed by atoms with Crippen molar-refractivity contribution < 1.29 is 0 Å². The van der Waals surface area contributed by atoms with E-state index in [1.807, 2.05) is 0 Å². The Balaban J connectivity index is 1.72. The second-order valence-corrected chi connectivity index (χ2v) is 6.52. The molecule has 0 aromatic heterocycles. The first-order valence-electron chi connectivity index (χ1n) is 8.88. The summed E-state index contributed by atoms with van der Waals surface area (Å²) in [5, 5.41) is 0. The molecule has 0 nitrogen and oxygen atoms in total. The van der Waals surface area contributed by atoms with Crippen LogP contribution in [0, 0.1) is 11.8 Å². The van der Waals surface area contributed by atoms with Crippen LogP contribution in [0.25, 0.3) is 0 Å². The normalized spacial score (nSPS) is 22.3. The minimum Gasteiger partial charge on any atom is -0.0654 e. The van der Waals surface area contributed by atoms with Crippen LogP contribution in [0.2, 0.25) is 0 Å². The molecule has 1 rings (SSSR count). The van der Waals surface area contributed by atoms with E-state index >= 15 is 0 Å². The molecule has 0 amide bonds. The van der Waals surface area contributed by atoms with Crippen LogP contribution in [0.3, 0.4) is 0 Å². The predicted octanol–water partition coefficient (Wildman–Crippen LogP) is 6.73. The molecular weight excluding hydrogens is 216 g/mol. The van der Waals surface area contributed by atoms with Crippen molar-refractivity contribution in [1.82, 2.24) is 0 Å². The van der Waals surface area contributed by atoms with Crippen LogP contribution in [0.1, 0.15) is 104 Å². The van der Waals surface area contributed by atoms with Crippen LogP contribution in [0.4, 0.5) is 0 Å². The monoisotopic (exact) mass is 252 g/mol. The molecule has 1 aliphatic carbocycles. The van der Waals surface area contributed by atoms with Gasteiger partial charge < -0.3 is 0 Å². The fourth-order valence-corrected chi connectivity index (χ4v) is 3.20. The summed E-state index contributed by atoms with van der Waals surface area (Å²) in [6.07, 6.45) is 20.8. The zero-order valence-electron chi connectivity index (χ0n) is 13.1. The lowest BCUT2D eigenvalue weighted by Gasteiger charge is -2.02. The van der Waals surface area contributed by atoms with Crippen molar-refractivity contribution in [2.24, 2.45) is 11.8 Å². The first-order chi connectivity index (χ1) is 8.88. The number of hydrogen-bond acceptors (Lipinski definition) is 0. The first kappa shape index (κ1) is 16.1. The highest BCUT2D eigenvalue weighted by molar-refractivity contribution is 4.85. The number of unbranched alkanes of at least 4 members (excludes halogenated alkanes) is 9. The molecule has 18 heavy (non-hydrogen) atoms. The molecule has 0 N–H and O–H groups in total. The Bertz CT molecular complexity index is 173. The Labute approximate surface area is 116 Å². The predicted molar refractivity (Wildman–Crippen MR) is 83.0 cm³/mol. The average molecular weight is 252 g/mol. The third-order valence-corrected chi connectivity index (χ3v) is 4.68. The second-order valence-electron chi connectivity index (χ2n) is 6.52. The van der Waals surface area contributed by atoms with Gasteiger partial charge in [0.25, 0.3) is 0 Å². The van der Waals surface area contributed by atoms with Crippen molar-refractivity contribution in [2.45, 2.75) is 104 Å². The van der Waals surface area contributed by atoms with Crippen molar-refractivity contribution >= 4 is 0 Å². The molecular formula is C18H36. The quantitative estimate of drug-likeness (QED) is 0.319. The molecule has 0 heterocycles. The summed E-state index contributed by atoms with van der Waals surface area (Å²) < 4.78 is 0. The highest BCUT2D eigenvalue weighted by Crippen LogP contribution is 2.45. The van der Waals surface area contributed by atoms with Gasteiger partial charge in [0, 0.05) is 0 Å². The molecule has 0 heteroatoms. The van der Waals surface area contributed by atoms with Crippen LogP contribution in [-0.4, -0.2) is 0 Å². The SMILES string of the molecule is CCCCCCCCCCC[C@H]1C[C@H]1CCCC. The number of hydrogen-bond donors (Lipinski definition) is 0. The second kappa shape index (κ2) is 10.9. The summed E-state index contributed by atoms with van der Waals surface area (Å²) in [5.74, 6) is 2.28. The molecule has 2 atom stereocenters. The molecule has 0 spiro atoms. The van der Waals surface area contributed by atoms with Crippen molar-refractivity contribution in [1.29, 1.82) is 0 Å². The Morgan fingerprint density at radius 2 is 1.00 bits per heavy atom. The summed E-state index contributed by atoms with van der Waals surface area (Å²) in [5.41, 5.74) is 0. The van der Waals surface area contributed by atoms with Crippen LogP contribution >= 0.6 is 0 Å². The van der Waals surface area contributed by atoms with Gasteiger partial charge in [-0.1, -0.05) is 97.3 Å². The Hall–Kier alpha value is 0. The lowest BCUT2D eigenvalue weighted by atomic mass is 10.0. The van der Waals surface area contributed by atoms with Crippen LogP contribution in [-0.2, 0) is 0 Å². The Morgan fingerprint density at radius 3 is 1.56 bits per heavy atom. The zero-order chi connectivity index (χ0) is 13.1. The fraction of sp³-hybridized carbons (Fsp3) is 1.00. The Morgan fingerprint density at radius 1 is 0.556 bits per heavy atom. The molecule has 0 bridgehead atoms. The van der Waals surface area contributed by atoms with E-state index in [9.17, 15) is 0 Å². The lowest BCUT2D eigenvalue weighted by molar-refractivity contribution is 0.521. The van der Waals surface area contributed by atoms with Gasteiger partial charge in [-0.15, -0.1) is 0 Å². The molecule has 1 aliphatic rings. The molecule has 0 radical (unpaired) electrons. The van der Waals surface area contributed by atoms with Gasteiger partial charge >= 0.3 is 0 Å². The topological polar surface area (TPSA) is 0 Å². The molecule has 1 fully saturated rings. The maximum atomic E-state index is 2.32. The van der Waals surface area contributed by atoms with Crippen molar-refractivity contribution in [2.75, 3.05) is 0 Å². The minimum absolute atomic E-state index is 1.14. The van der Waals surface area contributed by atoms with Gasteiger partial charge in [-0.2, -0.15) is 0 Å². The van der Waals surface area contributed by atoms with Crippen LogP contribution in [0.15, 0.2) is 0 Å². The number of rotatable bonds is 13. The van der Waals surface area contributed by atoms with Crippen molar-refractivity contribution in [3.63, 3.8) is 0 Å². The van der Waals surface area contributed by atoms with Crippen LogP contribution in [0.5, 0.6) is 0 Å². The van der Waals surface area contributed by atoms with Gasteiger partial charge in [-0.3, -0.25) is 0 Å². The van der Waals surface area contributed by atoms with E-state index in [0.717, 1.165) is 11.8 Å². The maximum absolute atomic E-state index is 2.32. The molecule has 0 aliphatic heterocycles. The lowest BCUT2D eigenvalue weighted by Crippen LogP contribution is -1.86. The van der Waals surface area contributed by atoms with E-state index in [-0.39, 0.29) is 0 Å². The summed E-state index contributed by atoms with van der Waals surface area (Å²) in [6, 6.07) is 0. The summed E-state index contributed by atoms with van der Waals surface area (Å²) >= 11 is 0. The molecule has 108 valence electrons. The summed E-state index contributed by atoms with van der Waals surface area (Å²) in [4.78, 5) is 0. The van der Waals surface area contributed by atoms with Gasteiger partial charge in [-0.05, 0) is 18.3 Å². The first-order valence-corrected chi connectivity index (χ1v) is 8.88. The Kier molecular flexibility index (Phi) is 9.70. The summed E-state index contributed by atoms with van der Waals surface area (Å²) in [7, 11) is 0. The molecule has 0 unspecified atom stereocenters. The minimum atomic E-state index is 1.14. The van der Waals surface area contributed by atoms with E-state index < -0.39 is 0 Å². The molecule has 1 saturated carbocycles. The average Bonchev–Trinajstić information content (AvgIpc) is 3.13. The van der Waals surface area contributed by atoms with E-state index in [1.54, 1.807) is 12.8 Å². The highest BCUT2D eigenvalue weighted by atomic mass is 14.4. The smallest absolute Gasteiger partial charge is 0.0383 e. The van der Waals surface area contributed by atoms with Gasteiger partial charge in [-0.25, -0.2) is 0 Å². The molecule has 0 aromatic rings. The van der Waals surface area contributed by atoms with Crippen molar-refractivity contribution in [3.05, 3.63) is 0 Å². The fourth-order valence-electron chi connectivity index (χ4n) is 3.20. The van der Waals surface area contributed by atoms with Gasteiger partial charge in [0.05, 0.1) is 0 Å². The van der Waals surface area contributed by atoms with Crippen LogP contribution < -0.4 is 0 Å². The van der Waals surface area contributed by atoms with Crippen molar-refractivity contribution in [3.8, 4) is 0 Å². The van der Waals surface area contributed by atoms with E-state index in [0.29, 0.717) is 0 Å². The largest absolute Gasteiger partial charge is 0.0654 e. The van der Waals surface area contributed by atoms with E-state index in [2.05, 4.69) is 13.8 Å². The van der Waals surface area contributed by atoms with Gasteiger partial charge in [0.15, 0.2) is 0 Å². The van der Waals surface area contributed by atoms with Gasteiger partial charge in [0.1, 0.15) is 0 Å².